The number of anilines is 2. The Bertz CT molecular complexity index is 1370. The van der Waals surface area contributed by atoms with Crippen molar-refractivity contribution < 1.29 is 33.5 Å². The third-order valence-electron chi connectivity index (χ3n) is 6.95. The number of methoxy groups -OCH3 is 1. The maximum Gasteiger partial charge on any atom is 0.269 e. The van der Waals surface area contributed by atoms with E-state index in [2.05, 4.69) is 22.9 Å². The number of primary amides is 1. The standard InChI is InChI=1S/C31H43N7O8/c1-3-4-14-37-27-9-8-23(38(42)43)20-25(27)26(36-31(37)35-22-6-5-7-24(19-22)44-2)21-30(41)34-13-16-46-18-17-45-15-12-33-29(40)11-10-28(32)39/h5-9,19-20,26H,3-4,10-18,21H2,1-2H3,(H2,32,39)(H,33,40)(H,34,41)(H,35,36). The van der Waals surface area contributed by atoms with Gasteiger partial charge >= 0.3 is 0 Å². The molecule has 0 saturated heterocycles. The lowest BCUT2D eigenvalue weighted by atomic mass is 9.98. The van der Waals surface area contributed by atoms with E-state index in [1.807, 2.05) is 29.2 Å². The van der Waals surface area contributed by atoms with Crippen molar-refractivity contribution in [2.45, 2.75) is 45.1 Å². The van der Waals surface area contributed by atoms with Gasteiger partial charge in [-0.3, -0.25) is 24.5 Å². The highest BCUT2D eigenvalue weighted by molar-refractivity contribution is 6.07. The number of fused-ring (bicyclic) bond motifs is 1. The van der Waals surface area contributed by atoms with Gasteiger partial charge in [-0.1, -0.05) is 19.4 Å². The first-order valence-corrected chi connectivity index (χ1v) is 15.2. The molecule has 0 fully saturated rings. The van der Waals surface area contributed by atoms with Crippen LogP contribution in [-0.2, 0) is 23.9 Å². The number of non-ortho nitro benzene ring substituents is 1. The van der Waals surface area contributed by atoms with Crippen LogP contribution in [0.1, 0.15) is 50.6 Å². The lowest BCUT2D eigenvalue weighted by Gasteiger charge is -2.35. The monoisotopic (exact) mass is 641 g/mol. The average Bonchev–Trinajstić information content (AvgIpc) is 3.04. The summed E-state index contributed by atoms with van der Waals surface area (Å²) in [6.45, 7) is 4.40. The molecule has 15 nitrogen and oxygen atoms in total. The second-order valence-corrected chi connectivity index (χ2v) is 10.4. The van der Waals surface area contributed by atoms with Gasteiger partial charge in [-0.25, -0.2) is 4.99 Å². The van der Waals surface area contributed by atoms with Crippen LogP contribution in [0.25, 0.3) is 0 Å². The van der Waals surface area contributed by atoms with Gasteiger partial charge < -0.3 is 40.8 Å². The molecule has 0 saturated carbocycles. The Morgan fingerprint density at radius 1 is 1.00 bits per heavy atom. The number of aliphatic imine (C=N–C) groups is 1. The number of guanidine groups is 1. The van der Waals surface area contributed by atoms with E-state index in [1.165, 1.54) is 12.1 Å². The summed E-state index contributed by atoms with van der Waals surface area (Å²) in [5.41, 5.74) is 7.06. The third-order valence-corrected chi connectivity index (χ3v) is 6.95. The van der Waals surface area contributed by atoms with Crippen molar-refractivity contribution in [3.63, 3.8) is 0 Å². The molecule has 0 bridgehead atoms. The Morgan fingerprint density at radius 2 is 1.72 bits per heavy atom. The van der Waals surface area contributed by atoms with Crippen molar-refractivity contribution in [2.24, 2.45) is 10.7 Å². The lowest BCUT2D eigenvalue weighted by molar-refractivity contribution is -0.384. The second-order valence-electron chi connectivity index (χ2n) is 10.4. The van der Waals surface area contributed by atoms with Crippen LogP contribution in [0.2, 0.25) is 0 Å². The van der Waals surface area contributed by atoms with E-state index in [-0.39, 0.29) is 56.5 Å². The van der Waals surface area contributed by atoms with E-state index >= 15 is 0 Å². The second kappa shape index (κ2) is 18.9. The van der Waals surface area contributed by atoms with Gasteiger partial charge in [0.1, 0.15) is 5.75 Å². The summed E-state index contributed by atoms with van der Waals surface area (Å²) in [5, 5.41) is 20.4. The lowest BCUT2D eigenvalue weighted by Crippen LogP contribution is -2.41. The molecule has 1 aliphatic heterocycles. The first-order valence-electron chi connectivity index (χ1n) is 15.2. The number of unbranched alkanes of at least 4 members (excludes halogenated alkanes) is 1. The molecule has 1 heterocycles. The van der Waals surface area contributed by atoms with Crippen molar-refractivity contribution in [3.05, 3.63) is 58.1 Å². The number of carbonyl (C=O) groups excluding carboxylic acids is 3. The molecule has 1 atom stereocenters. The summed E-state index contributed by atoms with van der Waals surface area (Å²) in [4.78, 5) is 53.2. The van der Waals surface area contributed by atoms with Crippen molar-refractivity contribution in [2.75, 3.05) is 63.4 Å². The van der Waals surface area contributed by atoms with Crippen LogP contribution in [0, 0.1) is 10.1 Å². The van der Waals surface area contributed by atoms with E-state index in [0.717, 1.165) is 24.2 Å². The summed E-state index contributed by atoms with van der Waals surface area (Å²) in [7, 11) is 1.59. The number of nitro benzene ring substituents is 1. The van der Waals surface area contributed by atoms with Gasteiger partial charge in [-0.15, -0.1) is 0 Å². The highest BCUT2D eigenvalue weighted by Gasteiger charge is 2.31. The zero-order chi connectivity index (χ0) is 33.3. The number of nitrogens with one attached hydrogen (secondary N) is 3. The molecular weight excluding hydrogens is 598 g/mol. The summed E-state index contributed by atoms with van der Waals surface area (Å²) < 4.78 is 16.3. The minimum absolute atomic E-state index is 0.000914. The van der Waals surface area contributed by atoms with E-state index < -0.39 is 16.9 Å². The van der Waals surface area contributed by atoms with Crippen molar-refractivity contribution in [1.82, 2.24) is 10.6 Å². The molecule has 46 heavy (non-hydrogen) atoms. The molecular formula is C31H43N7O8. The zero-order valence-corrected chi connectivity index (χ0v) is 26.3. The van der Waals surface area contributed by atoms with Gasteiger partial charge in [0.25, 0.3) is 5.69 Å². The number of nitrogens with two attached hydrogens (primary N) is 1. The number of nitro groups is 1. The highest BCUT2D eigenvalue weighted by atomic mass is 16.6. The van der Waals surface area contributed by atoms with Crippen LogP contribution in [0.15, 0.2) is 47.5 Å². The molecule has 0 spiro atoms. The van der Waals surface area contributed by atoms with Crippen molar-refractivity contribution >= 4 is 40.7 Å². The maximum absolute atomic E-state index is 13.0. The Morgan fingerprint density at radius 3 is 2.37 bits per heavy atom. The van der Waals surface area contributed by atoms with Crippen molar-refractivity contribution in [3.8, 4) is 5.75 Å². The van der Waals surface area contributed by atoms with E-state index in [1.54, 1.807) is 13.2 Å². The molecule has 1 unspecified atom stereocenters. The van der Waals surface area contributed by atoms with Crippen LogP contribution in [0.4, 0.5) is 17.1 Å². The zero-order valence-electron chi connectivity index (χ0n) is 26.3. The summed E-state index contributed by atoms with van der Waals surface area (Å²) in [6.07, 6.45) is 1.82. The molecule has 15 heteroatoms. The topological polar surface area (TPSA) is 200 Å². The molecule has 0 aromatic heterocycles. The molecule has 2 aromatic carbocycles. The summed E-state index contributed by atoms with van der Waals surface area (Å²) in [6, 6.07) is 11.4. The fourth-order valence-corrected chi connectivity index (χ4v) is 4.62. The number of hydrogen-bond acceptors (Lipinski definition) is 11. The number of hydrogen-bond donors (Lipinski definition) is 4. The predicted octanol–water partition coefficient (Wildman–Crippen LogP) is 2.65. The van der Waals surface area contributed by atoms with E-state index in [0.29, 0.717) is 43.6 Å². The van der Waals surface area contributed by atoms with Gasteiger partial charge in [0, 0.05) is 67.6 Å². The van der Waals surface area contributed by atoms with E-state index in [9.17, 15) is 24.5 Å². The quantitative estimate of drug-likeness (QED) is 0.0946. The average molecular weight is 642 g/mol. The van der Waals surface area contributed by atoms with Crippen LogP contribution in [0.3, 0.4) is 0 Å². The Kier molecular flexibility index (Phi) is 14.7. The van der Waals surface area contributed by atoms with Gasteiger partial charge in [0.15, 0.2) is 0 Å². The number of nitrogens with zero attached hydrogens (tertiary/aromatic N) is 3. The summed E-state index contributed by atoms with van der Waals surface area (Å²) >= 11 is 0. The van der Waals surface area contributed by atoms with Gasteiger partial charge in [-0.05, 0) is 24.6 Å². The molecule has 250 valence electrons. The molecule has 0 radical (unpaired) electrons. The molecule has 1 aliphatic rings. The fraction of sp³-hybridized carbons (Fsp3) is 0.484. The number of ether oxygens (including phenoxy) is 3. The molecule has 3 rings (SSSR count). The maximum atomic E-state index is 13.0. The first-order chi connectivity index (χ1) is 22.2. The summed E-state index contributed by atoms with van der Waals surface area (Å²) in [5.74, 6) is 0.132. The van der Waals surface area contributed by atoms with E-state index in [4.69, 9.17) is 24.9 Å². The molecule has 2 aromatic rings. The first kappa shape index (κ1) is 35.7. The van der Waals surface area contributed by atoms with Crippen LogP contribution in [0.5, 0.6) is 5.75 Å². The third kappa shape index (κ3) is 11.6. The van der Waals surface area contributed by atoms with Crippen molar-refractivity contribution in [1.29, 1.82) is 0 Å². The van der Waals surface area contributed by atoms with Gasteiger partial charge in [-0.2, -0.15) is 0 Å². The van der Waals surface area contributed by atoms with Crippen LogP contribution in [-0.4, -0.2) is 81.8 Å². The Labute approximate surface area is 268 Å². The predicted molar refractivity (Wildman–Crippen MR) is 173 cm³/mol. The minimum atomic E-state index is -0.661. The van der Waals surface area contributed by atoms with Gasteiger partial charge in [0.2, 0.25) is 23.7 Å². The number of rotatable bonds is 20. The van der Waals surface area contributed by atoms with Crippen LogP contribution < -0.4 is 31.3 Å². The molecule has 0 aliphatic carbocycles. The molecule has 3 amide bonds. The minimum Gasteiger partial charge on any atom is -0.497 e. The van der Waals surface area contributed by atoms with Crippen LogP contribution >= 0.6 is 0 Å². The highest BCUT2D eigenvalue weighted by Crippen LogP contribution is 2.38. The smallest absolute Gasteiger partial charge is 0.269 e. The number of benzene rings is 2. The molecule has 5 N–H and O–H groups in total. The Hall–Kier alpha value is -4.76. The van der Waals surface area contributed by atoms with Gasteiger partial charge in [0.05, 0.1) is 50.9 Å². The Balaban J connectivity index is 1.55. The number of carbonyl (C=O) groups is 3. The SMILES string of the molecule is CCCCN1C(Nc2cccc(OC)c2)=NC(CC(=O)NCCOCCOCCNC(=O)CCC(N)=O)c2cc([N+](=O)[O-])ccc21. The fourth-order valence-electron chi connectivity index (χ4n) is 4.62. The largest absolute Gasteiger partial charge is 0.497 e. The normalized spacial score (nSPS) is 13.7. The number of amides is 3.